The van der Waals surface area contributed by atoms with Crippen molar-refractivity contribution in [3.8, 4) is 0 Å². The molecular weight excluding hydrogens is 252 g/mol. The highest BCUT2D eigenvalue weighted by molar-refractivity contribution is 6.06. The van der Waals surface area contributed by atoms with E-state index in [1.165, 1.54) is 0 Å². The number of amides is 1. The van der Waals surface area contributed by atoms with Crippen LogP contribution in [0.4, 0.5) is 0 Å². The van der Waals surface area contributed by atoms with Gasteiger partial charge in [-0.05, 0) is 19.4 Å². The summed E-state index contributed by atoms with van der Waals surface area (Å²) in [5.41, 5.74) is 1.73. The summed E-state index contributed by atoms with van der Waals surface area (Å²) in [7, 11) is 1.66. The minimum atomic E-state index is 0.0638. The van der Waals surface area contributed by atoms with Crippen LogP contribution in [0.15, 0.2) is 30.5 Å². The maximum Gasteiger partial charge on any atom is 0.256 e. The van der Waals surface area contributed by atoms with Crippen molar-refractivity contribution in [3.63, 3.8) is 0 Å². The molecule has 1 atom stereocenters. The van der Waals surface area contributed by atoms with Gasteiger partial charge in [-0.25, -0.2) is 0 Å². The molecule has 1 aromatic carbocycles. The first-order valence-corrected chi connectivity index (χ1v) is 7.05. The quantitative estimate of drug-likeness (QED) is 0.880. The van der Waals surface area contributed by atoms with E-state index >= 15 is 0 Å². The Morgan fingerprint density at radius 1 is 1.40 bits per heavy atom. The van der Waals surface area contributed by atoms with E-state index < -0.39 is 0 Å². The van der Waals surface area contributed by atoms with Crippen molar-refractivity contribution in [1.82, 2.24) is 9.88 Å². The molecule has 2 rings (SSSR count). The number of rotatable bonds is 6. The maximum atomic E-state index is 12.8. The lowest BCUT2D eigenvalue weighted by Gasteiger charge is -2.28. The van der Waals surface area contributed by atoms with Crippen molar-refractivity contribution in [1.29, 1.82) is 0 Å². The monoisotopic (exact) mass is 274 g/mol. The van der Waals surface area contributed by atoms with Crippen LogP contribution in [0, 0.1) is 0 Å². The Hall–Kier alpha value is -1.81. The molecule has 1 unspecified atom stereocenters. The van der Waals surface area contributed by atoms with Crippen LogP contribution in [0.1, 0.15) is 30.6 Å². The Balaban J connectivity index is 2.31. The van der Waals surface area contributed by atoms with Crippen molar-refractivity contribution in [2.45, 2.75) is 26.3 Å². The third kappa shape index (κ3) is 2.85. The van der Waals surface area contributed by atoms with E-state index in [0.717, 1.165) is 22.9 Å². The van der Waals surface area contributed by atoms with Gasteiger partial charge in [-0.3, -0.25) is 4.79 Å². The molecule has 0 fully saturated rings. The summed E-state index contributed by atoms with van der Waals surface area (Å²) in [4.78, 5) is 17.8. The summed E-state index contributed by atoms with van der Waals surface area (Å²) in [6.07, 6.45) is 2.73. The molecule has 0 aliphatic rings. The minimum absolute atomic E-state index is 0.0638. The molecule has 1 aromatic heterocycles. The minimum Gasteiger partial charge on any atom is -0.383 e. The van der Waals surface area contributed by atoms with E-state index in [1.54, 1.807) is 13.3 Å². The standard InChI is InChI=1S/C16H22N2O2/c1-4-12(2)18(9-10-20-3)16(19)14-11-17-15-8-6-5-7-13(14)15/h5-8,11-12,17H,4,9-10H2,1-3H3. The number of para-hydroxylation sites is 1. The number of nitrogens with zero attached hydrogens (tertiary/aromatic N) is 1. The Morgan fingerprint density at radius 2 is 2.15 bits per heavy atom. The fraction of sp³-hybridized carbons (Fsp3) is 0.438. The fourth-order valence-electron chi connectivity index (χ4n) is 2.34. The molecule has 0 aliphatic heterocycles. The predicted molar refractivity (Wildman–Crippen MR) is 81.0 cm³/mol. The van der Waals surface area contributed by atoms with Crippen molar-refractivity contribution < 1.29 is 9.53 Å². The highest BCUT2D eigenvalue weighted by Crippen LogP contribution is 2.20. The van der Waals surface area contributed by atoms with Gasteiger partial charge in [0.1, 0.15) is 0 Å². The van der Waals surface area contributed by atoms with Gasteiger partial charge < -0.3 is 14.6 Å². The summed E-state index contributed by atoms with van der Waals surface area (Å²) in [5.74, 6) is 0.0638. The van der Waals surface area contributed by atoms with E-state index in [-0.39, 0.29) is 11.9 Å². The van der Waals surface area contributed by atoms with Crippen LogP contribution in [-0.2, 0) is 4.74 Å². The first kappa shape index (κ1) is 14.6. The summed E-state index contributed by atoms with van der Waals surface area (Å²) in [6, 6.07) is 8.07. The second-order valence-corrected chi connectivity index (χ2v) is 5.00. The first-order valence-electron chi connectivity index (χ1n) is 7.05. The number of carbonyl (C=O) groups is 1. The molecule has 0 saturated heterocycles. The molecule has 0 saturated carbocycles. The van der Waals surface area contributed by atoms with Crippen LogP contribution < -0.4 is 0 Å². The number of H-pyrrole nitrogens is 1. The molecule has 4 nitrogen and oxygen atoms in total. The lowest BCUT2D eigenvalue weighted by Crippen LogP contribution is -2.40. The Morgan fingerprint density at radius 3 is 2.85 bits per heavy atom. The van der Waals surface area contributed by atoms with Gasteiger partial charge in [0.05, 0.1) is 12.2 Å². The lowest BCUT2D eigenvalue weighted by atomic mass is 10.1. The molecule has 0 radical (unpaired) electrons. The molecule has 20 heavy (non-hydrogen) atoms. The number of benzene rings is 1. The zero-order chi connectivity index (χ0) is 14.5. The zero-order valence-electron chi connectivity index (χ0n) is 12.3. The Bertz CT molecular complexity index is 577. The maximum absolute atomic E-state index is 12.8. The van der Waals surface area contributed by atoms with Crippen molar-refractivity contribution in [2.75, 3.05) is 20.3 Å². The number of methoxy groups -OCH3 is 1. The Labute approximate surface area is 119 Å². The summed E-state index contributed by atoms with van der Waals surface area (Å²) >= 11 is 0. The van der Waals surface area contributed by atoms with Gasteiger partial charge >= 0.3 is 0 Å². The summed E-state index contributed by atoms with van der Waals surface area (Å²) in [5, 5.41) is 0.975. The molecule has 108 valence electrons. The molecular formula is C16H22N2O2. The van der Waals surface area contributed by atoms with Crippen molar-refractivity contribution in [3.05, 3.63) is 36.0 Å². The second kappa shape index (κ2) is 6.57. The lowest BCUT2D eigenvalue weighted by molar-refractivity contribution is 0.0616. The van der Waals surface area contributed by atoms with Crippen LogP contribution in [-0.4, -0.2) is 42.1 Å². The van der Waals surface area contributed by atoms with E-state index in [2.05, 4.69) is 18.8 Å². The van der Waals surface area contributed by atoms with Gasteiger partial charge in [-0.2, -0.15) is 0 Å². The smallest absolute Gasteiger partial charge is 0.256 e. The van der Waals surface area contributed by atoms with Gasteiger partial charge in [0.25, 0.3) is 5.91 Å². The summed E-state index contributed by atoms with van der Waals surface area (Å²) < 4.78 is 5.12. The number of carbonyl (C=O) groups excluding carboxylic acids is 1. The molecule has 0 aliphatic carbocycles. The van der Waals surface area contributed by atoms with Gasteiger partial charge in [-0.1, -0.05) is 25.1 Å². The van der Waals surface area contributed by atoms with Crippen molar-refractivity contribution >= 4 is 16.8 Å². The highest BCUT2D eigenvalue weighted by Gasteiger charge is 2.22. The van der Waals surface area contributed by atoms with E-state index in [1.807, 2.05) is 29.2 Å². The van der Waals surface area contributed by atoms with Crippen LogP contribution in [0.3, 0.4) is 0 Å². The average molecular weight is 274 g/mol. The molecule has 1 heterocycles. The molecule has 2 aromatic rings. The number of fused-ring (bicyclic) bond motifs is 1. The molecule has 4 heteroatoms. The number of ether oxygens (including phenoxy) is 1. The number of aromatic nitrogens is 1. The topological polar surface area (TPSA) is 45.3 Å². The summed E-state index contributed by atoms with van der Waals surface area (Å²) in [6.45, 7) is 5.33. The van der Waals surface area contributed by atoms with E-state index in [9.17, 15) is 4.79 Å². The third-order valence-electron chi connectivity index (χ3n) is 3.74. The predicted octanol–water partition coefficient (Wildman–Crippen LogP) is 3.06. The SMILES string of the molecule is CCC(C)N(CCOC)C(=O)c1c[nH]c2ccccc12. The average Bonchev–Trinajstić information content (AvgIpc) is 2.91. The zero-order valence-corrected chi connectivity index (χ0v) is 12.3. The number of nitrogens with one attached hydrogen (secondary N) is 1. The fourth-order valence-corrected chi connectivity index (χ4v) is 2.34. The first-order chi connectivity index (χ1) is 9.69. The van der Waals surface area contributed by atoms with Gasteiger partial charge in [0.15, 0.2) is 0 Å². The molecule has 1 N–H and O–H groups in total. The van der Waals surface area contributed by atoms with Crippen LogP contribution in [0.25, 0.3) is 10.9 Å². The van der Waals surface area contributed by atoms with Gasteiger partial charge in [0, 0.05) is 36.8 Å². The number of hydrogen-bond donors (Lipinski definition) is 1. The van der Waals surface area contributed by atoms with Gasteiger partial charge in [-0.15, -0.1) is 0 Å². The van der Waals surface area contributed by atoms with Crippen molar-refractivity contribution in [2.24, 2.45) is 0 Å². The second-order valence-electron chi connectivity index (χ2n) is 5.00. The van der Waals surface area contributed by atoms with Crippen LogP contribution in [0.2, 0.25) is 0 Å². The number of hydrogen-bond acceptors (Lipinski definition) is 2. The largest absolute Gasteiger partial charge is 0.383 e. The third-order valence-corrected chi connectivity index (χ3v) is 3.74. The number of aromatic amines is 1. The Kier molecular flexibility index (Phi) is 4.79. The molecule has 0 bridgehead atoms. The normalized spacial score (nSPS) is 12.6. The highest BCUT2D eigenvalue weighted by atomic mass is 16.5. The van der Waals surface area contributed by atoms with E-state index in [4.69, 9.17) is 4.74 Å². The molecule has 1 amide bonds. The van der Waals surface area contributed by atoms with Crippen LogP contribution in [0.5, 0.6) is 0 Å². The molecule has 0 spiro atoms. The van der Waals surface area contributed by atoms with Gasteiger partial charge in [0.2, 0.25) is 0 Å². The van der Waals surface area contributed by atoms with Crippen LogP contribution >= 0.6 is 0 Å². The van der Waals surface area contributed by atoms with E-state index in [0.29, 0.717) is 13.2 Å².